The molecule has 0 unspecified atom stereocenters. The van der Waals surface area contributed by atoms with Crippen LogP contribution in [0.2, 0.25) is 0 Å². The first-order valence-electron chi connectivity index (χ1n) is 8.41. The van der Waals surface area contributed by atoms with Gasteiger partial charge in [-0.05, 0) is 24.1 Å². The molecular weight excluding hydrogens is 356 g/mol. The highest BCUT2D eigenvalue weighted by molar-refractivity contribution is 6.02. The Morgan fingerprint density at radius 1 is 1.18 bits per heavy atom. The van der Waals surface area contributed by atoms with Gasteiger partial charge in [0.05, 0.1) is 26.5 Å². The number of carbonyl (C=O) groups excluding carboxylic acids is 1. The van der Waals surface area contributed by atoms with Crippen molar-refractivity contribution in [2.24, 2.45) is 7.05 Å². The molecule has 0 bridgehead atoms. The predicted octanol–water partition coefficient (Wildman–Crippen LogP) is 2.31. The molecule has 2 heterocycles. The zero-order valence-electron chi connectivity index (χ0n) is 16.2. The Labute approximate surface area is 164 Å². The molecule has 0 atom stereocenters. The Bertz CT molecular complexity index is 1070. The van der Waals surface area contributed by atoms with E-state index in [-0.39, 0.29) is 12.6 Å². The molecule has 0 N–H and O–H groups in total. The van der Waals surface area contributed by atoms with Gasteiger partial charge in [-0.15, -0.1) is 6.42 Å². The van der Waals surface area contributed by atoms with E-state index in [1.165, 1.54) is 9.80 Å². The molecule has 0 fully saturated rings. The first-order chi connectivity index (χ1) is 13.4. The van der Waals surface area contributed by atoms with E-state index in [0.717, 1.165) is 5.56 Å². The molecule has 0 radical (unpaired) electrons. The third-order valence-corrected chi connectivity index (χ3v) is 4.46. The molecule has 142 valence electrons. The van der Waals surface area contributed by atoms with Crippen LogP contribution < -0.4 is 14.4 Å². The zero-order chi connectivity index (χ0) is 20.4. The molecule has 0 aliphatic carbocycles. The summed E-state index contributed by atoms with van der Waals surface area (Å²) in [6.07, 6.45) is 5.38. The number of methoxy groups -OCH3 is 2. The van der Waals surface area contributed by atoms with Gasteiger partial charge in [-0.3, -0.25) is 9.80 Å². The third-order valence-electron chi connectivity index (χ3n) is 4.46. The number of anilines is 1. The van der Waals surface area contributed by atoms with E-state index >= 15 is 0 Å². The standard InChI is InChI=1S/C21H20N4O3/c1-7-12-25-14(2)19-20(24(4)21(25)26)22-18(23(19)3)11-9-15-8-10-16(27-5)17(13-15)28-6/h1,8,10,13H,2,12H2,3-6H3. The summed E-state index contributed by atoms with van der Waals surface area (Å²) in [4.78, 5) is 19.9. The number of hydrogen-bond donors (Lipinski definition) is 0. The van der Waals surface area contributed by atoms with Crippen LogP contribution in [0.3, 0.4) is 0 Å². The lowest BCUT2D eigenvalue weighted by molar-refractivity contribution is 0.228. The summed E-state index contributed by atoms with van der Waals surface area (Å²) in [5.41, 5.74) is 1.95. The van der Waals surface area contributed by atoms with E-state index in [2.05, 4.69) is 29.3 Å². The van der Waals surface area contributed by atoms with Crippen molar-refractivity contribution < 1.29 is 14.3 Å². The number of imidazole rings is 1. The van der Waals surface area contributed by atoms with Crippen molar-refractivity contribution >= 4 is 17.5 Å². The van der Waals surface area contributed by atoms with Crippen LogP contribution >= 0.6 is 0 Å². The number of urea groups is 1. The molecule has 0 spiro atoms. The summed E-state index contributed by atoms with van der Waals surface area (Å²) in [5.74, 6) is 10.8. The molecular formula is C21H20N4O3. The first kappa shape index (κ1) is 18.9. The highest BCUT2D eigenvalue weighted by Gasteiger charge is 2.34. The summed E-state index contributed by atoms with van der Waals surface area (Å²) >= 11 is 0. The van der Waals surface area contributed by atoms with Gasteiger partial charge in [-0.25, -0.2) is 9.78 Å². The Hall–Kier alpha value is -3.84. The second-order valence-electron chi connectivity index (χ2n) is 6.06. The lowest BCUT2D eigenvalue weighted by atomic mass is 10.2. The maximum absolute atomic E-state index is 12.5. The van der Waals surface area contributed by atoms with Crippen LogP contribution in [0.1, 0.15) is 17.1 Å². The molecule has 2 amide bonds. The van der Waals surface area contributed by atoms with Gasteiger partial charge < -0.3 is 14.0 Å². The number of carbonyl (C=O) groups is 1. The minimum Gasteiger partial charge on any atom is -0.493 e. The number of fused-ring (bicyclic) bond motifs is 1. The number of aromatic nitrogens is 2. The molecule has 28 heavy (non-hydrogen) atoms. The maximum atomic E-state index is 12.5. The van der Waals surface area contributed by atoms with Crippen LogP contribution in [0.15, 0.2) is 24.8 Å². The molecule has 3 rings (SSSR count). The summed E-state index contributed by atoms with van der Waals surface area (Å²) in [6, 6.07) is 5.14. The van der Waals surface area contributed by atoms with Crippen LogP contribution in [-0.4, -0.2) is 48.3 Å². The second-order valence-corrected chi connectivity index (χ2v) is 6.06. The van der Waals surface area contributed by atoms with Crippen molar-refractivity contribution in [3.05, 3.63) is 41.9 Å². The molecule has 1 aromatic carbocycles. The van der Waals surface area contributed by atoms with Crippen molar-refractivity contribution in [3.63, 3.8) is 0 Å². The minimum atomic E-state index is -0.270. The van der Waals surface area contributed by atoms with Gasteiger partial charge in [-0.1, -0.05) is 18.4 Å². The molecule has 0 saturated carbocycles. The van der Waals surface area contributed by atoms with E-state index in [0.29, 0.717) is 34.5 Å². The summed E-state index contributed by atoms with van der Waals surface area (Å²) in [5, 5.41) is 0. The summed E-state index contributed by atoms with van der Waals surface area (Å²) < 4.78 is 12.3. The average molecular weight is 376 g/mol. The number of amides is 2. The number of nitrogens with zero attached hydrogens (tertiary/aromatic N) is 4. The van der Waals surface area contributed by atoms with Crippen LogP contribution in [0.4, 0.5) is 10.6 Å². The van der Waals surface area contributed by atoms with E-state index in [9.17, 15) is 4.79 Å². The van der Waals surface area contributed by atoms with Gasteiger partial charge in [0.1, 0.15) is 5.69 Å². The Morgan fingerprint density at radius 3 is 2.54 bits per heavy atom. The Balaban J connectivity index is 2.01. The third kappa shape index (κ3) is 3.04. The second kappa shape index (κ2) is 7.42. The lowest BCUT2D eigenvalue weighted by Gasteiger charge is -2.32. The van der Waals surface area contributed by atoms with Crippen molar-refractivity contribution in [3.8, 4) is 35.7 Å². The molecule has 1 aromatic heterocycles. The predicted molar refractivity (Wildman–Crippen MR) is 107 cm³/mol. The summed E-state index contributed by atoms with van der Waals surface area (Å²) in [6.45, 7) is 4.16. The fourth-order valence-corrected chi connectivity index (χ4v) is 2.96. The van der Waals surface area contributed by atoms with Gasteiger partial charge in [0, 0.05) is 19.7 Å². The van der Waals surface area contributed by atoms with Crippen LogP contribution in [0, 0.1) is 24.2 Å². The smallest absolute Gasteiger partial charge is 0.330 e. The molecule has 1 aliphatic heterocycles. The van der Waals surface area contributed by atoms with Crippen LogP contribution in [0.25, 0.3) is 5.70 Å². The monoisotopic (exact) mass is 376 g/mol. The van der Waals surface area contributed by atoms with Crippen molar-refractivity contribution in [2.45, 2.75) is 0 Å². The summed E-state index contributed by atoms with van der Waals surface area (Å²) in [7, 11) is 6.63. The van der Waals surface area contributed by atoms with E-state index in [1.807, 2.05) is 13.1 Å². The first-order valence-corrected chi connectivity index (χ1v) is 8.41. The van der Waals surface area contributed by atoms with Crippen molar-refractivity contribution in [2.75, 3.05) is 32.7 Å². The topological polar surface area (TPSA) is 59.8 Å². The zero-order valence-corrected chi connectivity index (χ0v) is 16.2. The maximum Gasteiger partial charge on any atom is 0.330 e. The van der Waals surface area contributed by atoms with Crippen LogP contribution in [-0.2, 0) is 7.05 Å². The molecule has 0 saturated heterocycles. The largest absolute Gasteiger partial charge is 0.493 e. The molecule has 1 aliphatic rings. The van der Waals surface area contributed by atoms with E-state index < -0.39 is 0 Å². The fraction of sp³-hybridized carbons (Fsp3) is 0.238. The molecule has 7 nitrogen and oxygen atoms in total. The number of ether oxygens (including phenoxy) is 2. The normalized spacial score (nSPS) is 12.8. The Morgan fingerprint density at radius 2 is 1.89 bits per heavy atom. The van der Waals surface area contributed by atoms with E-state index in [1.54, 1.807) is 38.0 Å². The number of hydrogen-bond acceptors (Lipinski definition) is 4. The van der Waals surface area contributed by atoms with Gasteiger partial charge in [0.15, 0.2) is 23.1 Å². The lowest BCUT2D eigenvalue weighted by Crippen LogP contribution is -2.44. The SMILES string of the molecule is C#CCN1C(=C)c2c(nc(C#Cc3ccc(OC)c(OC)c3)n2C)N(C)C1=O. The molecule has 2 aromatic rings. The fourth-order valence-electron chi connectivity index (χ4n) is 2.96. The van der Waals surface area contributed by atoms with Gasteiger partial charge in [0.2, 0.25) is 0 Å². The van der Waals surface area contributed by atoms with E-state index in [4.69, 9.17) is 15.9 Å². The van der Waals surface area contributed by atoms with Crippen molar-refractivity contribution in [1.82, 2.24) is 14.5 Å². The number of benzene rings is 1. The number of rotatable bonds is 3. The van der Waals surface area contributed by atoms with Crippen LogP contribution in [0.5, 0.6) is 11.5 Å². The quantitative estimate of drug-likeness (QED) is 0.772. The van der Waals surface area contributed by atoms with Gasteiger partial charge in [0.25, 0.3) is 0 Å². The highest BCUT2D eigenvalue weighted by atomic mass is 16.5. The van der Waals surface area contributed by atoms with Gasteiger partial charge >= 0.3 is 6.03 Å². The van der Waals surface area contributed by atoms with Crippen molar-refractivity contribution in [1.29, 1.82) is 0 Å². The van der Waals surface area contributed by atoms with Gasteiger partial charge in [-0.2, -0.15) is 0 Å². The number of terminal acetylenes is 1. The highest BCUT2D eigenvalue weighted by Crippen LogP contribution is 2.34. The minimum absolute atomic E-state index is 0.138. The molecule has 7 heteroatoms. The average Bonchev–Trinajstić information content (AvgIpc) is 3.04. The Kier molecular flexibility index (Phi) is 5.02.